The van der Waals surface area contributed by atoms with Crippen molar-refractivity contribution >= 4 is 11.5 Å². The fourth-order valence-corrected chi connectivity index (χ4v) is 2.30. The molecular formula is C18H25N3. The molecule has 2 rings (SSSR count). The van der Waals surface area contributed by atoms with Crippen LogP contribution in [-0.2, 0) is 13.0 Å². The van der Waals surface area contributed by atoms with Crippen LogP contribution in [0, 0.1) is 6.92 Å². The van der Waals surface area contributed by atoms with Crippen molar-refractivity contribution in [2.45, 2.75) is 33.7 Å². The first-order chi connectivity index (χ1) is 10.2. The summed E-state index contributed by atoms with van der Waals surface area (Å²) in [5.41, 5.74) is 4.87. The fourth-order valence-electron chi connectivity index (χ4n) is 2.30. The highest BCUT2D eigenvalue weighted by Gasteiger charge is 2.07. The molecule has 0 saturated carbocycles. The summed E-state index contributed by atoms with van der Waals surface area (Å²) >= 11 is 0. The molecule has 0 atom stereocenters. The second-order valence-electron chi connectivity index (χ2n) is 5.27. The van der Waals surface area contributed by atoms with E-state index < -0.39 is 0 Å². The highest BCUT2D eigenvalue weighted by molar-refractivity contribution is 5.59. The number of hydrogen-bond donors (Lipinski definition) is 1. The van der Waals surface area contributed by atoms with Crippen LogP contribution >= 0.6 is 0 Å². The summed E-state index contributed by atoms with van der Waals surface area (Å²) in [5.74, 6) is 0.983. The van der Waals surface area contributed by atoms with Crippen molar-refractivity contribution in [2.24, 2.45) is 0 Å². The molecule has 3 heteroatoms. The molecular weight excluding hydrogens is 258 g/mol. The van der Waals surface area contributed by atoms with Gasteiger partial charge in [-0.3, -0.25) is 0 Å². The number of anilines is 2. The van der Waals surface area contributed by atoms with Gasteiger partial charge < -0.3 is 10.2 Å². The molecule has 1 aromatic carbocycles. The Kier molecular flexibility index (Phi) is 5.34. The normalized spacial score (nSPS) is 10.7. The first-order valence-corrected chi connectivity index (χ1v) is 7.65. The first-order valence-electron chi connectivity index (χ1n) is 7.65. The van der Waals surface area contributed by atoms with Crippen LogP contribution < -0.4 is 10.2 Å². The quantitative estimate of drug-likeness (QED) is 0.873. The zero-order chi connectivity index (χ0) is 15.2. The predicted octanol–water partition coefficient (Wildman–Crippen LogP) is 3.83. The van der Waals surface area contributed by atoms with Gasteiger partial charge in [-0.2, -0.15) is 0 Å². The monoisotopic (exact) mass is 283 g/mol. The van der Waals surface area contributed by atoms with Gasteiger partial charge >= 0.3 is 0 Å². The highest BCUT2D eigenvalue weighted by Crippen LogP contribution is 2.23. The molecule has 1 aromatic heterocycles. The molecule has 0 aliphatic rings. The molecule has 0 radical (unpaired) electrons. The molecule has 0 amide bonds. The lowest BCUT2D eigenvalue weighted by atomic mass is 10.1. The van der Waals surface area contributed by atoms with Crippen molar-refractivity contribution in [3.8, 4) is 0 Å². The van der Waals surface area contributed by atoms with Gasteiger partial charge in [0.25, 0.3) is 0 Å². The van der Waals surface area contributed by atoms with Crippen LogP contribution in [0.5, 0.6) is 0 Å². The van der Waals surface area contributed by atoms with E-state index in [0.29, 0.717) is 0 Å². The number of rotatable bonds is 6. The third kappa shape index (κ3) is 3.82. The Morgan fingerprint density at radius 1 is 1.05 bits per heavy atom. The standard InChI is InChI=1S/C18H25N3/c1-5-15-7-10-17(11-8-15)21(4)18-12-9-16(13-19-6-2)14(3)20-18/h7-12,19H,5-6,13H2,1-4H3. The SMILES string of the molecule is CCNCc1ccc(N(C)c2ccc(CC)cc2)nc1C. The molecule has 0 fully saturated rings. The molecule has 1 N–H and O–H groups in total. The summed E-state index contributed by atoms with van der Waals surface area (Å²) in [5, 5.41) is 3.34. The van der Waals surface area contributed by atoms with Crippen LogP contribution in [0.15, 0.2) is 36.4 Å². The fraction of sp³-hybridized carbons (Fsp3) is 0.389. The molecule has 0 unspecified atom stereocenters. The number of aromatic nitrogens is 1. The average molecular weight is 283 g/mol. The predicted molar refractivity (Wildman–Crippen MR) is 90.2 cm³/mol. The van der Waals surface area contributed by atoms with Crippen LogP contribution in [0.4, 0.5) is 11.5 Å². The molecule has 0 aliphatic heterocycles. The van der Waals surface area contributed by atoms with Crippen molar-refractivity contribution < 1.29 is 0 Å². The zero-order valence-corrected chi connectivity index (χ0v) is 13.5. The number of hydrogen-bond acceptors (Lipinski definition) is 3. The number of benzene rings is 1. The Bertz CT molecular complexity index is 576. The minimum Gasteiger partial charge on any atom is -0.329 e. The van der Waals surface area contributed by atoms with Crippen molar-refractivity contribution in [2.75, 3.05) is 18.5 Å². The second-order valence-corrected chi connectivity index (χ2v) is 5.27. The van der Waals surface area contributed by atoms with E-state index in [1.807, 2.05) is 0 Å². The Labute approximate surface area is 128 Å². The average Bonchev–Trinajstić information content (AvgIpc) is 2.53. The van der Waals surface area contributed by atoms with Gasteiger partial charge in [0.2, 0.25) is 0 Å². The lowest BCUT2D eigenvalue weighted by Crippen LogP contribution is -2.15. The van der Waals surface area contributed by atoms with E-state index in [9.17, 15) is 0 Å². The van der Waals surface area contributed by atoms with E-state index in [1.54, 1.807) is 0 Å². The summed E-state index contributed by atoms with van der Waals surface area (Å²) in [4.78, 5) is 6.86. The van der Waals surface area contributed by atoms with Crippen molar-refractivity contribution in [3.05, 3.63) is 53.2 Å². The van der Waals surface area contributed by atoms with E-state index >= 15 is 0 Å². The van der Waals surface area contributed by atoms with Gasteiger partial charge in [-0.05, 0) is 49.2 Å². The maximum absolute atomic E-state index is 4.73. The minimum absolute atomic E-state index is 0.879. The minimum atomic E-state index is 0.879. The van der Waals surface area contributed by atoms with E-state index in [2.05, 4.69) is 74.4 Å². The summed E-state index contributed by atoms with van der Waals surface area (Å²) in [6.45, 7) is 8.22. The Morgan fingerprint density at radius 3 is 2.33 bits per heavy atom. The van der Waals surface area contributed by atoms with Gasteiger partial charge in [0.15, 0.2) is 0 Å². The van der Waals surface area contributed by atoms with Gasteiger partial charge in [-0.15, -0.1) is 0 Å². The van der Waals surface area contributed by atoms with E-state index in [-0.39, 0.29) is 0 Å². The molecule has 0 aliphatic carbocycles. The summed E-state index contributed by atoms with van der Waals surface area (Å²) in [7, 11) is 2.06. The molecule has 0 saturated heterocycles. The van der Waals surface area contributed by atoms with E-state index in [0.717, 1.165) is 31.0 Å². The molecule has 0 bridgehead atoms. The summed E-state index contributed by atoms with van der Waals surface area (Å²) in [6, 6.07) is 12.9. The maximum atomic E-state index is 4.73. The molecule has 21 heavy (non-hydrogen) atoms. The largest absolute Gasteiger partial charge is 0.329 e. The smallest absolute Gasteiger partial charge is 0.132 e. The summed E-state index contributed by atoms with van der Waals surface area (Å²) < 4.78 is 0. The number of nitrogens with one attached hydrogen (secondary N) is 1. The van der Waals surface area contributed by atoms with Crippen molar-refractivity contribution in [1.82, 2.24) is 10.3 Å². The number of aryl methyl sites for hydroxylation is 2. The third-order valence-electron chi connectivity index (χ3n) is 3.82. The van der Waals surface area contributed by atoms with Gasteiger partial charge in [-0.25, -0.2) is 4.98 Å². The van der Waals surface area contributed by atoms with Crippen LogP contribution in [0.2, 0.25) is 0 Å². The van der Waals surface area contributed by atoms with Gasteiger partial charge in [0.05, 0.1) is 0 Å². The molecule has 0 spiro atoms. The molecule has 3 nitrogen and oxygen atoms in total. The Morgan fingerprint density at radius 2 is 1.76 bits per heavy atom. The van der Waals surface area contributed by atoms with E-state index in [4.69, 9.17) is 4.98 Å². The Hall–Kier alpha value is -1.87. The van der Waals surface area contributed by atoms with Crippen LogP contribution in [0.25, 0.3) is 0 Å². The molecule has 1 heterocycles. The topological polar surface area (TPSA) is 28.2 Å². The number of pyridine rings is 1. The maximum Gasteiger partial charge on any atom is 0.132 e. The first kappa shape index (κ1) is 15.5. The van der Waals surface area contributed by atoms with Gasteiger partial charge in [-0.1, -0.05) is 32.0 Å². The van der Waals surface area contributed by atoms with Crippen molar-refractivity contribution in [1.29, 1.82) is 0 Å². The molecule has 2 aromatic rings. The van der Waals surface area contributed by atoms with Crippen LogP contribution in [-0.4, -0.2) is 18.6 Å². The van der Waals surface area contributed by atoms with Crippen LogP contribution in [0.3, 0.4) is 0 Å². The van der Waals surface area contributed by atoms with E-state index in [1.165, 1.54) is 16.8 Å². The van der Waals surface area contributed by atoms with Gasteiger partial charge in [0.1, 0.15) is 5.82 Å². The van der Waals surface area contributed by atoms with Crippen molar-refractivity contribution in [3.63, 3.8) is 0 Å². The summed E-state index contributed by atoms with van der Waals surface area (Å²) in [6.07, 6.45) is 1.07. The molecule has 112 valence electrons. The Balaban J connectivity index is 2.18. The van der Waals surface area contributed by atoms with Crippen LogP contribution in [0.1, 0.15) is 30.7 Å². The third-order valence-corrected chi connectivity index (χ3v) is 3.82. The lowest BCUT2D eigenvalue weighted by molar-refractivity contribution is 0.720. The number of nitrogens with zero attached hydrogens (tertiary/aromatic N) is 2. The highest BCUT2D eigenvalue weighted by atomic mass is 15.2. The lowest BCUT2D eigenvalue weighted by Gasteiger charge is -2.20. The van der Waals surface area contributed by atoms with Gasteiger partial charge in [0, 0.05) is 25.0 Å². The second kappa shape index (κ2) is 7.23. The zero-order valence-electron chi connectivity index (χ0n) is 13.5.